The van der Waals surface area contributed by atoms with Crippen molar-refractivity contribution in [3.05, 3.63) is 34.6 Å². The number of hydrogen-bond donors (Lipinski definition) is 3. The van der Waals surface area contributed by atoms with Gasteiger partial charge in [0.2, 0.25) is 0 Å². The zero-order valence-electron chi connectivity index (χ0n) is 10.4. The van der Waals surface area contributed by atoms with Crippen molar-refractivity contribution in [2.24, 2.45) is 10.9 Å². The van der Waals surface area contributed by atoms with Crippen molar-refractivity contribution in [1.82, 2.24) is 5.32 Å². The number of benzene rings is 1. The van der Waals surface area contributed by atoms with Crippen molar-refractivity contribution in [1.29, 1.82) is 0 Å². The maximum Gasteiger partial charge on any atom is 0.251 e. The number of carbonyl (C=O) groups excluding carboxylic acids is 1. The molecular weight excluding hydrogens is 273 g/mol. The lowest BCUT2D eigenvalue weighted by Gasteiger charge is -2.16. The van der Waals surface area contributed by atoms with Crippen LogP contribution in [0.2, 0.25) is 5.02 Å². The van der Waals surface area contributed by atoms with E-state index in [1.165, 1.54) is 12.1 Å². The van der Waals surface area contributed by atoms with Crippen LogP contribution in [0.15, 0.2) is 23.4 Å². The topological polar surface area (TPSA) is 87.7 Å². The van der Waals surface area contributed by atoms with Crippen molar-refractivity contribution in [3.63, 3.8) is 0 Å². The van der Waals surface area contributed by atoms with E-state index in [4.69, 9.17) is 22.5 Å². The predicted octanol–water partition coefficient (Wildman–Crippen LogP) is 2.12. The Hall–Kier alpha value is -1.82. The van der Waals surface area contributed by atoms with Crippen molar-refractivity contribution in [2.45, 2.75) is 25.8 Å². The number of carbonyl (C=O) groups is 1. The molecule has 0 fully saturated rings. The van der Waals surface area contributed by atoms with Crippen LogP contribution < -0.4 is 11.1 Å². The van der Waals surface area contributed by atoms with E-state index in [1.54, 1.807) is 0 Å². The van der Waals surface area contributed by atoms with Crippen LogP contribution in [0.5, 0.6) is 0 Å². The van der Waals surface area contributed by atoms with Crippen molar-refractivity contribution < 1.29 is 14.4 Å². The van der Waals surface area contributed by atoms with E-state index in [9.17, 15) is 9.18 Å². The minimum Gasteiger partial charge on any atom is -0.409 e. The van der Waals surface area contributed by atoms with Crippen molar-refractivity contribution in [3.8, 4) is 0 Å². The Morgan fingerprint density at radius 1 is 1.63 bits per heavy atom. The zero-order chi connectivity index (χ0) is 14.4. The molecule has 1 aromatic carbocycles. The second-order valence-electron chi connectivity index (χ2n) is 3.97. The third kappa shape index (κ3) is 4.10. The van der Waals surface area contributed by atoms with Gasteiger partial charge in [0.1, 0.15) is 5.82 Å². The molecule has 1 rings (SSSR count). The van der Waals surface area contributed by atoms with Gasteiger partial charge in [-0.3, -0.25) is 4.79 Å². The third-order valence-electron chi connectivity index (χ3n) is 2.54. The molecule has 0 saturated heterocycles. The summed E-state index contributed by atoms with van der Waals surface area (Å²) >= 11 is 5.60. The summed E-state index contributed by atoms with van der Waals surface area (Å²) in [4.78, 5) is 11.9. The summed E-state index contributed by atoms with van der Waals surface area (Å²) in [5, 5.41) is 14.0. The Morgan fingerprint density at radius 3 is 2.84 bits per heavy atom. The van der Waals surface area contributed by atoms with Crippen LogP contribution in [-0.2, 0) is 0 Å². The summed E-state index contributed by atoms with van der Waals surface area (Å²) in [5.74, 6) is -1.14. The molecule has 1 unspecified atom stereocenters. The van der Waals surface area contributed by atoms with E-state index < -0.39 is 17.8 Å². The van der Waals surface area contributed by atoms with Crippen LogP contribution in [-0.4, -0.2) is 23.0 Å². The van der Waals surface area contributed by atoms with Gasteiger partial charge >= 0.3 is 0 Å². The number of nitrogens with two attached hydrogens (primary N) is 1. The lowest BCUT2D eigenvalue weighted by molar-refractivity contribution is 0.0945. The molecule has 0 aliphatic rings. The molecule has 104 valence electrons. The van der Waals surface area contributed by atoms with E-state index in [0.717, 1.165) is 12.5 Å². The molecule has 0 saturated carbocycles. The predicted molar refractivity (Wildman–Crippen MR) is 71.0 cm³/mol. The summed E-state index contributed by atoms with van der Waals surface area (Å²) in [6, 6.07) is 3.06. The van der Waals surface area contributed by atoms with Gasteiger partial charge in [-0.2, -0.15) is 0 Å². The highest BCUT2D eigenvalue weighted by Crippen LogP contribution is 2.16. The highest BCUT2D eigenvalue weighted by molar-refractivity contribution is 6.31. The number of rotatable bonds is 5. The molecule has 19 heavy (non-hydrogen) atoms. The highest BCUT2D eigenvalue weighted by atomic mass is 35.5. The summed E-state index contributed by atoms with van der Waals surface area (Å²) in [7, 11) is 0. The molecule has 0 heterocycles. The molecule has 1 amide bonds. The number of halogens is 2. The molecule has 0 bridgehead atoms. The van der Waals surface area contributed by atoms with Crippen LogP contribution >= 0.6 is 11.6 Å². The Bertz CT molecular complexity index is 494. The average molecular weight is 288 g/mol. The number of nitrogens with one attached hydrogen (secondary N) is 1. The molecule has 0 aliphatic carbocycles. The molecule has 7 heteroatoms. The molecular formula is C12H15ClFN3O2. The largest absolute Gasteiger partial charge is 0.409 e. The first kappa shape index (κ1) is 15.2. The Labute approximate surface area is 115 Å². The van der Waals surface area contributed by atoms with Gasteiger partial charge in [0, 0.05) is 5.56 Å². The minimum atomic E-state index is -0.597. The lowest BCUT2D eigenvalue weighted by Crippen LogP contribution is -2.44. The molecule has 0 aliphatic heterocycles. The van der Waals surface area contributed by atoms with Gasteiger partial charge in [0.15, 0.2) is 5.84 Å². The Kier molecular flexibility index (Phi) is 5.57. The number of hydrogen-bond acceptors (Lipinski definition) is 3. The number of oxime groups is 1. The monoisotopic (exact) mass is 287 g/mol. The van der Waals surface area contributed by atoms with Gasteiger partial charge in [-0.05, 0) is 24.6 Å². The summed E-state index contributed by atoms with van der Waals surface area (Å²) in [5.41, 5.74) is 5.69. The van der Waals surface area contributed by atoms with Crippen molar-refractivity contribution >= 4 is 23.3 Å². The Morgan fingerprint density at radius 2 is 2.32 bits per heavy atom. The van der Waals surface area contributed by atoms with Gasteiger partial charge in [-0.25, -0.2) is 4.39 Å². The standard InChI is InChI=1S/C12H15ClFN3O2/c1-2-3-10(11(15)17-19)16-12(18)7-4-5-9(14)8(13)6-7/h4-6,10,19H,2-3H2,1H3,(H2,15,17)(H,16,18). The lowest BCUT2D eigenvalue weighted by atomic mass is 10.1. The number of nitrogens with zero attached hydrogens (tertiary/aromatic N) is 1. The van der Waals surface area contributed by atoms with Gasteiger partial charge in [-0.1, -0.05) is 30.1 Å². The van der Waals surface area contributed by atoms with Crippen LogP contribution in [0.1, 0.15) is 30.1 Å². The summed E-state index contributed by atoms with van der Waals surface area (Å²) < 4.78 is 13.0. The number of amidine groups is 1. The van der Waals surface area contributed by atoms with Crippen LogP contribution in [0.25, 0.3) is 0 Å². The molecule has 4 N–H and O–H groups in total. The average Bonchev–Trinajstić information content (AvgIpc) is 2.40. The van der Waals surface area contributed by atoms with E-state index >= 15 is 0 Å². The molecule has 0 spiro atoms. The van der Waals surface area contributed by atoms with E-state index in [0.29, 0.717) is 6.42 Å². The van der Waals surface area contributed by atoms with Crippen molar-refractivity contribution in [2.75, 3.05) is 0 Å². The van der Waals surface area contributed by atoms with Crippen LogP contribution in [0, 0.1) is 5.82 Å². The second-order valence-corrected chi connectivity index (χ2v) is 4.38. The fourth-order valence-corrected chi connectivity index (χ4v) is 1.71. The van der Waals surface area contributed by atoms with Gasteiger partial charge < -0.3 is 16.3 Å². The SMILES string of the molecule is CCCC(NC(=O)c1ccc(F)c(Cl)c1)/C(N)=N/O. The van der Waals surface area contributed by atoms with E-state index in [-0.39, 0.29) is 16.4 Å². The molecule has 1 atom stereocenters. The van der Waals surface area contributed by atoms with Gasteiger partial charge in [-0.15, -0.1) is 0 Å². The Balaban J connectivity index is 2.84. The van der Waals surface area contributed by atoms with Crippen LogP contribution in [0.4, 0.5) is 4.39 Å². The highest BCUT2D eigenvalue weighted by Gasteiger charge is 2.17. The van der Waals surface area contributed by atoms with E-state index in [1.807, 2.05) is 6.92 Å². The maximum absolute atomic E-state index is 13.0. The first-order valence-electron chi connectivity index (χ1n) is 5.73. The van der Waals surface area contributed by atoms with Crippen LogP contribution in [0.3, 0.4) is 0 Å². The molecule has 0 aromatic heterocycles. The quantitative estimate of drug-likeness (QED) is 0.335. The number of amides is 1. The third-order valence-corrected chi connectivity index (χ3v) is 2.83. The normalized spacial score (nSPS) is 13.1. The maximum atomic E-state index is 13.0. The fourth-order valence-electron chi connectivity index (χ4n) is 1.53. The molecule has 5 nitrogen and oxygen atoms in total. The van der Waals surface area contributed by atoms with Gasteiger partial charge in [0.25, 0.3) is 5.91 Å². The second kappa shape index (κ2) is 6.94. The first-order valence-corrected chi connectivity index (χ1v) is 6.10. The molecule has 1 aromatic rings. The zero-order valence-corrected chi connectivity index (χ0v) is 11.1. The van der Waals surface area contributed by atoms with Gasteiger partial charge in [0.05, 0.1) is 11.1 Å². The minimum absolute atomic E-state index is 0.0802. The molecule has 0 radical (unpaired) electrons. The first-order chi connectivity index (χ1) is 8.99. The smallest absolute Gasteiger partial charge is 0.251 e. The summed E-state index contributed by atoms with van der Waals surface area (Å²) in [6.07, 6.45) is 1.27. The van der Waals surface area contributed by atoms with E-state index in [2.05, 4.69) is 10.5 Å². The summed E-state index contributed by atoms with van der Waals surface area (Å²) in [6.45, 7) is 1.90. The fraction of sp³-hybridized carbons (Fsp3) is 0.333.